The Morgan fingerprint density at radius 2 is 1.96 bits per heavy atom. The third-order valence-electron chi connectivity index (χ3n) is 3.99. The van der Waals surface area contributed by atoms with E-state index in [9.17, 15) is 22.4 Å². The zero-order valence-electron chi connectivity index (χ0n) is 13.6. The standard InChI is InChI=1S/C17H14ClFN2O4S/c1-2-21-17(23)12-5-4-11(8-15(12)26(21,24)25)16(22)20-9-10-3-6-14(19)13(18)7-10/h3-8H,2,9H2,1H3,(H,20,22). The number of rotatable bonds is 4. The van der Waals surface area contributed by atoms with Gasteiger partial charge in [-0.1, -0.05) is 17.7 Å². The topological polar surface area (TPSA) is 83.6 Å². The van der Waals surface area contributed by atoms with Crippen LogP contribution in [0.3, 0.4) is 0 Å². The zero-order chi connectivity index (χ0) is 19.1. The number of nitrogens with zero attached hydrogens (tertiary/aromatic N) is 1. The van der Waals surface area contributed by atoms with Crippen LogP contribution < -0.4 is 5.32 Å². The average molecular weight is 397 g/mol. The van der Waals surface area contributed by atoms with E-state index in [4.69, 9.17) is 11.6 Å². The van der Waals surface area contributed by atoms with Crippen molar-refractivity contribution in [3.63, 3.8) is 0 Å². The van der Waals surface area contributed by atoms with Gasteiger partial charge >= 0.3 is 0 Å². The van der Waals surface area contributed by atoms with Crippen molar-refractivity contribution in [1.82, 2.24) is 9.62 Å². The number of nitrogens with one attached hydrogen (secondary N) is 1. The van der Waals surface area contributed by atoms with Gasteiger partial charge in [0.15, 0.2) is 0 Å². The third kappa shape index (κ3) is 3.06. The minimum Gasteiger partial charge on any atom is -0.348 e. The molecule has 26 heavy (non-hydrogen) atoms. The van der Waals surface area contributed by atoms with Crippen LogP contribution in [0.25, 0.3) is 0 Å². The molecule has 0 saturated carbocycles. The van der Waals surface area contributed by atoms with Crippen LogP contribution in [0.1, 0.15) is 33.2 Å². The average Bonchev–Trinajstić information content (AvgIpc) is 2.81. The highest BCUT2D eigenvalue weighted by Gasteiger charge is 2.40. The molecule has 0 radical (unpaired) electrons. The fraction of sp³-hybridized carbons (Fsp3) is 0.176. The van der Waals surface area contributed by atoms with E-state index in [0.717, 1.165) is 4.31 Å². The van der Waals surface area contributed by atoms with Crippen molar-refractivity contribution in [1.29, 1.82) is 0 Å². The molecule has 6 nitrogen and oxygen atoms in total. The molecular weight excluding hydrogens is 383 g/mol. The molecule has 0 saturated heterocycles. The van der Waals surface area contributed by atoms with Gasteiger partial charge in [-0.05, 0) is 42.8 Å². The van der Waals surface area contributed by atoms with Gasteiger partial charge in [0.05, 0.1) is 10.6 Å². The van der Waals surface area contributed by atoms with E-state index < -0.39 is 27.7 Å². The first-order valence-electron chi connectivity index (χ1n) is 7.69. The van der Waals surface area contributed by atoms with Gasteiger partial charge in [-0.25, -0.2) is 17.1 Å². The number of carbonyl (C=O) groups is 2. The maximum absolute atomic E-state index is 13.1. The van der Waals surface area contributed by atoms with Crippen molar-refractivity contribution in [2.75, 3.05) is 6.54 Å². The number of halogens is 2. The predicted molar refractivity (Wildman–Crippen MR) is 92.9 cm³/mol. The molecule has 3 rings (SSSR count). The lowest BCUT2D eigenvalue weighted by molar-refractivity contribution is 0.0874. The molecule has 2 amide bonds. The molecule has 136 valence electrons. The maximum Gasteiger partial charge on any atom is 0.268 e. The molecule has 1 aliphatic heterocycles. The summed E-state index contributed by atoms with van der Waals surface area (Å²) in [4.78, 5) is 24.2. The number of benzene rings is 2. The molecule has 1 aliphatic rings. The summed E-state index contributed by atoms with van der Waals surface area (Å²) in [5.41, 5.74) is 0.742. The van der Waals surface area contributed by atoms with Crippen LogP contribution in [0.2, 0.25) is 5.02 Å². The van der Waals surface area contributed by atoms with Gasteiger partial charge in [-0.15, -0.1) is 0 Å². The lowest BCUT2D eigenvalue weighted by Crippen LogP contribution is -2.29. The minimum absolute atomic E-state index is 0.0166. The van der Waals surface area contributed by atoms with Crippen molar-refractivity contribution in [2.24, 2.45) is 0 Å². The number of hydrogen-bond donors (Lipinski definition) is 1. The number of carbonyl (C=O) groups excluding carboxylic acids is 2. The fourth-order valence-corrected chi connectivity index (χ4v) is 4.47. The van der Waals surface area contributed by atoms with E-state index in [1.807, 2.05) is 0 Å². The first-order chi connectivity index (χ1) is 12.3. The van der Waals surface area contributed by atoms with Crippen LogP contribution in [-0.4, -0.2) is 31.1 Å². The number of fused-ring (bicyclic) bond motifs is 1. The predicted octanol–water partition coefficient (Wildman–Crippen LogP) is 2.57. The third-order valence-corrected chi connectivity index (χ3v) is 6.18. The first-order valence-corrected chi connectivity index (χ1v) is 9.50. The summed E-state index contributed by atoms with van der Waals surface area (Å²) in [5, 5.41) is 2.55. The smallest absolute Gasteiger partial charge is 0.268 e. The summed E-state index contributed by atoms with van der Waals surface area (Å²) >= 11 is 5.69. The Hall–Kier alpha value is -2.45. The molecule has 1 heterocycles. The Morgan fingerprint density at radius 1 is 1.23 bits per heavy atom. The van der Waals surface area contributed by atoms with E-state index in [1.165, 1.54) is 36.4 Å². The van der Waals surface area contributed by atoms with Crippen LogP contribution in [-0.2, 0) is 16.6 Å². The van der Waals surface area contributed by atoms with E-state index in [2.05, 4.69) is 5.32 Å². The Morgan fingerprint density at radius 3 is 2.62 bits per heavy atom. The molecule has 0 atom stereocenters. The van der Waals surface area contributed by atoms with Crippen LogP contribution in [0, 0.1) is 5.82 Å². The second kappa shape index (κ2) is 6.69. The SMILES string of the molecule is CCN1C(=O)c2ccc(C(=O)NCc3ccc(F)c(Cl)c3)cc2S1(=O)=O. The molecule has 1 N–H and O–H groups in total. The maximum atomic E-state index is 13.1. The normalized spacial score (nSPS) is 15.0. The Bertz CT molecular complexity index is 1020. The quantitative estimate of drug-likeness (QED) is 0.860. The largest absolute Gasteiger partial charge is 0.348 e. The van der Waals surface area contributed by atoms with Gasteiger partial charge in [0, 0.05) is 18.7 Å². The van der Waals surface area contributed by atoms with Crippen molar-refractivity contribution < 1.29 is 22.4 Å². The van der Waals surface area contributed by atoms with E-state index in [-0.39, 0.29) is 34.1 Å². The number of hydrogen-bond acceptors (Lipinski definition) is 4. The Kier molecular flexibility index (Phi) is 4.72. The second-order valence-electron chi connectivity index (χ2n) is 5.62. The highest BCUT2D eigenvalue weighted by atomic mass is 35.5. The fourth-order valence-electron chi connectivity index (χ4n) is 2.66. The highest BCUT2D eigenvalue weighted by molar-refractivity contribution is 7.90. The lowest BCUT2D eigenvalue weighted by atomic mass is 10.1. The molecule has 2 aromatic carbocycles. The molecular formula is C17H14ClFN2O4S. The van der Waals surface area contributed by atoms with E-state index in [0.29, 0.717) is 5.56 Å². The minimum atomic E-state index is -3.93. The van der Waals surface area contributed by atoms with Crippen LogP contribution in [0.4, 0.5) is 4.39 Å². The molecule has 0 bridgehead atoms. The molecule has 0 unspecified atom stereocenters. The second-order valence-corrected chi connectivity index (χ2v) is 7.85. The van der Waals surface area contributed by atoms with Gasteiger partial charge in [-0.3, -0.25) is 9.59 Å². The summed E-state index contributed by atoms with van der Waals surface area (Å²) in [5.74, 6) is -1.68. The first kappa shape index (κ1) is 18.3. The van der Waals surface area contributed by atoms with Crippen molar-refractivity contribution >= 4 is 33.4 Å². The molecule has 0 fully saturated rings. The van der Waals surface area contributed by atoms with E-state index in [1.54, 1.807) is 6.92 Å². The van der Waals surface area contributed by atoms with Crippen molar-refractivity contribution in [3.05, 3.63) is 63.9 Å². The van der Waals surface area contributed by atoms with Gasteiger partial charge in [-0.2, -0.15) is 0 Å². The molecule has 9 heteroatoms. The Labute approximate surface area is 154 Å². The molecule has 0 aromatic heterocycles. The number of sulfonamides is 1. The van der Waals surface area contributed by atoms with Crippen molar-refractivity contribution in [3.8, 4) is 0 Å². The summed E-state index contributed by atoms with van der Waals surface area (Å²) in [6.07, 6.45) is 0. The molecule has 0 spiro atoms. The summed E-state index contributed by atoms with van der Waals surface area (Å²) in [6, 6.07) is 7.96. The van der Waals surface area contributed by atoms with E-state index >= 15 is 0 Å². The molecule has 0 aliphatic carbocycles. The molecule has 2 aromatic rings. The van der Waals surface area contributed by atoms with Crippen molar-refractivity contribution in [2.45, 2.75) is 18.4 Å². The Balaban J connectivity index is 1.82. The monoisotopic (exact) mass is 396 g/mol. The summed E-state index contributed by atoms with van der Waals surface area (Å²) in [6.45, 7) is 1.66. The van der Waals surface area contributed by atoms with Gasteiger partial charge < -0.3 is 5.32 Å². The lowest BCUT2D eigenvalue weighted by Gasteiger charge is -2.11. The summed E-state index contributed by atoms with van der Waals surface area (Å²) in [7, 11) is -3.93. The van der Waals surface area contributed by atoms with Crippen LogP contribution in [0.15, 0.2) is 41.3 Å². The van der Waals surface area contributed by atoms with Crippen LogP contribution in [0.5, 0.6) is 0 Å². The van der Waals surface area contributed by atoms with Gasteiger partial charge in [0.1, 0.15) is 10.7 Å². The summed E-state index contributed by atoms with van der Waals surface area (Å²) < 4.78 is 38.7. The highest BCUT2D eigenvalue weighted by Crippen LogP contribution is 2.30. The van der Waals surface area contributed by atoms with Gasteiger partial charge in [0.25, 0.3) is 21.8 Å². The van der Waals surface area contributed by atoms with Gasteiger partial charge in [0.2, 0.25) is 0 Å². The number of amides is 2. The zero-order valence-corrected chi connectivity index (χ0v) is 15.2. The van der Waals surface area contributed by atoms with Crippen LogP contribution >= 0.6 is 11.6 Å².